The van der Waals surface area contributed by atoms with Crippen molar-refractivity contribution >= 4 is 0 Å². The van der Waals surface area contributed by atoms with E-state index in [4.69, 9.17) is 0 Å². The van der Waals surface area contributed by atoms with Gasteiger partial charge in [-0.15, -0.1) is 5.10 Å². The maximum atomic E-state index is 9.63. The molecule has 0 saturated carbocycles. The summed E-state index contributed by atoms with van der Waals surface area (Å²) < 4.78 is 1.84. The van der Waals surface area contributed by atoms with Crippen molar-refractivity contribution in [1.29, 1.82) is 0 Å². The smallest absolute Gasteiger partial charge is 0.111 e. The normalized spacial score (nSPS) is 19.4. The van der Waals surface area contributed by atoms with Gasteiger partial charge >= 0.3 is 0 Å². The van der Waals surface area contributed by atoms with Gasteiger partial charge in [-0.25, -0.2) is 0 Å². The second-order valence-corrected chi connectivity index (χ2v) is 4.73. The van der Waals surface area contributed by atoms with Gasteiger partial charge in [0.25, 0.3) is 0 Å². The molecule has 96 valence electrons. The zero-order chi connectivity index (χ0) is 12.1. The fourth-order valence-electron chi connectivity index (χ4n) is 2.21. The van der Waals surface area contributed by atoms with E-state index in [9.17, 15) is 5.11 Å². The van der Waals surface area contributed by atoms with Crippen LogP contribution in [0.2, 0.25) is 0 Å². The Kier molecular flexibility index (Phi) is 4.50. The molecule has 0 bridgehead atoms. The third kappa shape index (κ3) is 3.51. The van der Waals surface area contributed by atoms with E-state index in [-0.39, 0.29) is 0 Å². The van der Waals surface area contributed by atoms with Gasteiger partial charge < -0.3 is 10.0 Å². The molecule has 0 radical (unpaired) electrons. The minimum Gasteiger partial charge on any atom is -0.387 e. The van der Waals surface area contributed by atoms with E-state index in [1.54, 1.807) is 0 Å². The van der Waals surface area contributed by atoms with Crippen molar-refractivity contribution in [3.8, 4) is 0 Å². The highest BCUT2D eigenvalue weighted by Crippen LogP contribution is 2.12. The first kappa shape index (κ1) is 12.5. The van der Waals surface area contributed by atoms with E-state index >= 15 is 0 Å². The SMILES string of the molecule is CCC(O)c1cn(CCN2CCCCC2)nn1. The molecule has 0 spiro atoms. The molecule has 1 unspecified atom stereocenters. The van der Waals surface area contributed by atoms with Crippen molar-refractivity contribution in [3.63, 3.8) is 0 Å². The lowest BCUT2D eigenvalue weighted by atomic mass is 10.1. The molecule has 0 aromatic carbocycles. The first-order chi connectivity index (χ1) is 8.29. The molecule has 5 nitrogen and oxygen atoms in total. The highest BCUT2D eigenvalue weighted by atomic mass is 16.3. The largest absolute Gasteiger partial charge is 0.387 e. The third-order valence-electron chi connectivity index (χ3n) is 3.38. The minimum atomic E-state index is -0.473. The summed E-state index contributed by atoms with van der Waals surface area (Å²) in [5.74, 6) is 0. The molecule has 1 aromatic heterocycles. The van der Waals surface area contributed by atoms with Crippen molar-refractivity contribution in [2.24, 2.45) is 0 Å². The molecule has 0 amide bonds. The molecule has 1 N–H and O–H groups in total. The number of rotatable bonds is 5. The van der Waals surface area contributed by atoms with Crippen LogP contribution < -0.4 is 0 Å². The summed E-state index contributed by atoms with van der Waals surface area (Å²) in [4.78, 5) is 2.47. The molecular formula is C12H22N4O. The molecule has 1 aliphatic rings. The Morgan fingerprint density at radius 2 is 2.06 bits per heavy atom. The van der Waals surface area contributed by atoms with Crippen LogP contribution in [0.5, 0.6) is 0 Å². The average molecular weight is 238 g/mol. The number of hydrogen-bond acceptors (Lipinski definition) is 4. The summed E-state index contributed by atoms with van der Waals surface area (Å²) in [5.41, 5.74) is 0.686. The van der Waals surface area contributed by atoms with Gasteiger partial charge in [-0.3, -0.25) is 4.68 Å². The Balaban J connectivity index is 1.80. The number of aromatic nitrogens is 3. The van der Waals surface area contributed by atoms with Crippen molar-refractivity contribution in [1.82, 2.24) is 19.9 Å². The second-order valence-electron chi connectivity index (χ2n) is 4.73. The molecule has 5 heteroatoms. The van der Waals surface area contributed by atoms with Gasteiger partial charge in [0.15, 0.2) is 0 Å². The standard InChI is InChI=1S/C12H22N4O/c1-2-12(17)11-10-16(14-13-11)9-8-15-6-4-3-5-7-15/h10,12,17H,2-9H2,1H3. The first-order valence-electron chi connectivity index (χ1n) is 6.60. The van der Waals surface area contributed by atoms with Gasteiger partial charge in [0.05, 0.1) is 18.8 Å². The monoisotopic (exact) mass is 238 g/mol. The summed E-state index contributed by atoms with van der Waals surface area (Å²) >= 11 is 0. The van der Waals surface area contributed by atoms with Crippen LogP contribution in [0.25, 0.3) is 0 Å². The summed E-state index contributed by atoms with van der Waals surface area (Å²) in [6.45, 7) is 6.25. The van der Waals surface area contributed by atoms with Crippen LogP contribution in [0.1, 0.15) is 44.4 Å². The number of hydrogen-bond donors (Lipinski definition) is 1. The van der Waals surface area contributed by atoms with Crippen LogP contribution in [0.4, 0.5) is 0 Å². The Labute approximate surface area is 102 Å². The van der Waals surface area contributed by atoms with E-state index in [0.29, 0.717) is 12.1 Å². The fraction of sp³-hybridized carbons (Fsp3) is 0.833. The summed E-state index contributed by atoms with van der Waals surface area (Å²) in [6.07, 6.45) is 6.07. The molecule has 1 aliphatic heterocycles. The topological polar surface area (TPSA) is 54.2 Å². The number of nitrogens with zero attached hydrogens (tertiary/aromatic N) is 4. The zero-order valence-electron chi connectivity index (χ0n) is 10.5. The van der Waals surface area contributed by atoms with E-state index < -0.39 is 6.10 Å². The molecule has 0 aliphatic carbocycles. The van der Waals surface area contributed by atoms with Crippen LogP contribution >= 0.6 is 0 Å². The van der Waals surface area contributed by atoms with Gasteiger partial charge in [0.2, 0.25) is 0 Å². The van der Waals surface area contributed by atoms with Crippen molar-refractivity contribution < 1.29 is 5.11 Å². The predicted octanol–water partition coefficient (Wildman–Crippen LogP) is 1.21. The Morgan fingerprint density at radius 1 is 1.29 bits per heavy atom. The maximum Gasteiger partial charge on any atom is 0.111 e. The number of aliphatic hydroxyl groups is 1. The fourth-order valence-corrected chi connectivity index (χ4v) is 2.21. The van der Waals surface area contributed by atoms with E-state index in [0.717, 1.165) is 13.1 Å². The van der Waals surface area contributed by atoms with Gasteiger partial charge in [-0.2, -0.15) is 0 Å². The lowest BCUT2D eigenvalue weighted by Gasteiger charge is -2.25. The van der Waals surface area contributed by atoms with Gasteiger partial charge in [0.1, 0.15) is 5.69 Å². The van der Waals surface area contributed by atoms with Crippen LogP contribution in [-0.4, -0.2) is 44.6 Å². The molecule has 2 rings (SSSR count). The zero-order valence-corrected chi connectivity index (χ0v) is 10.5. The second kappa shape index (κ2) is 6.12. The van der Waals surface area contributed by atoms with E-state index in [2.05, 4.69) is 15.2 Å². The molecule has 2 heterocycles. The Morgan fingerprint density at radius 3 is 2.76 bits per heavy atom. The van der Waals surface area contributed by atoms with Crippen molar-refractivity contribution in [2.75, 3.05) is 19.6 Å². The summed E-state index contributed by atoms with van der Waals surface area (Å²) in [5, 5.41) is 17.7. The number of piperidine rings is 1. The number of likely N-dealkylation sites (tertiary alicyclic amines) is 1. The summed E-state index contributed by atoms with van der Waals surface area (Å²) in [6, 6.07) is 0. The Bertz CT molecular complexity index is 333. The molecule has 1 aromatic rings. The maximum absolute atomic E-state index is 9.63. The average Bonchev–Trinajstić information content (AvgIpc) is 2.85. The molecule has 17 heavy (non-hydrogen) atoms. The quantitative estimate of drug-likeness (QED) is 0.837. The highest BCUT2D eigenvalue weighted by Gasteiger charge is 2.12. The Hall–Kier alpha value is -0.940. The molecule has 1 saturated heterocycles. The lowest BCUT2D eigenvalue weighted by molar-refractivity contribution is 0.168. The van der Waals surface area contributed by atoms with Gasteiger partial charge in [-0.05, 0) is 32.4 Å². The van der Waals surface area contributed by atoms with Crippen LogP contribution in [0.15, 0.2) is 6.20 Å². The van der Waals surface area contributed by atoms with E-state index in [1.807, 2.05) is 17.8 Å². The molecule has 1 atom stereocenters. The van der Waals surface area contributed by atoms with E-state index in [1.165, 1.54) is 32.4 Å². The molecule has 1 fully saturated rings. The van der Waals surface area contributed by atoms with Crippen LogP contribution in [0.3, 0.4) is 0 Å². The predicted molar refractivity (Wildman–Crippen MR) is 65.6 cm³/mol. The van der Waals surface area contributed by atoms with Gasteiger partial charge in [0, 0.05) is 6.54 Å². The minimum absolute atomic E-state index is 0.473. The third-order valence-corrected chi connectivity index (χ3v) is 3.38. The van der Waals surface area contributed by atoms with Crippen molar-refractivity contribution in [3.05, 3.63) is 11.9 Å². The van der Waals surface area contributed by atoms with Crippen LogP contribution in [-0.2, 0) is 6.54 Å². The lowest BCUT2D eigenvalue weighted by Crippen LogP contribution is -2.32. The molecular weight excluding hydrogens is 216 g/mol. The summed E-state index contributed by atoms with van der Waals surface area (Å²) in [7, 11) is 0. The first-order valence-corrected chi connectivity index (χ1v) is 6.60. The highest BCUT2D eigenvalue weighted by molar-refractivity contribution is 4.96. The van der Waals surface area contributed by atoms with Crippen LogP contribution in [0, 0.1) is 0 Å². The van der Waals surface area contributed by atoms with Gasteiger partial charge in [-0.1, -0.05) is 18.6 Å². The number of aliphatic hydroxyl groups excluding tert-OH is 1. The van der Waals surface area contributed by atoms with Crippen molar-refractivity contribution in [2.45, 2.75) is 45.3 Å².